The molecule has 0 aromatic heterocycles. The fourth-order valence-corrected chi connectivity index (χ4v) is 1.99. The third kappa shape index (κ3) is 4.94. The van der Waals surface area contributed by atoms with E-state index in [1.54, 1.807) is 0 Å². The molecule has 1 aromatic rings. The van der Waals surface area contributed by atoms with Crippen molar-refractivity contribution in [3.8, 4) is 0 Å². The lowest BCUT2D eigenvalue weighted by Gasteiger charge is -2.23. The SMILES string of the molecule is CC(NCCCO)C(O)c1ccc(C(C)(C)C)cc1. The second-order valence-corrected chi connectivity index (χ2v) is 6.14. The van der Waals surface area contributed by atoms with Gasteiger partial charge in [-0.3, -0.25) is 0 Å². The van der Waals surface area contributed by atoms with Crippen molar-refractivity contribution in [3.05, 3.63) is 35.4 Å². The van der Waals surface area contributed by atoms with Crippen LogP contribution < -0.4 is 5.32 Å². The van der Waals surface area contributed by atoms with Gasteiger partial charge in [-0.25, -0.2) is 0 Å². The highest BCUT2D eigenvalue weighted by Gasteiger charge is 2.17. The average molecular weight is 265 g/mol. The van der Waals surface area contributed by atoms with Crippen LogP contribution in [0.4, 0.5) is 0 Å². The molecule has 3 heteroatoms. The maximum absolute atomic E-state index is 10.3. The van der Waals surface area contributed by atoms with Gasteiger partial charge in [0.05, 0.1) is 6.10 Å². The van der Waals surface area contributed by atoms with Crippen LogP contribution in [0.3, 0.4) is 0 Å². The van der Waals surface area contributed by atoms with E-state index in [2.05, 4.69) is 38.2 Å². The highest BCUT2D eigenvalue weighted by atomic mass is 16.3. The molecular formula is C16H27NO2. The first-order valence-corrected chi connectivity index (χ1v) is 6.99. The molecular weight excluding hydrogens is 238 g/mol. The quantitative estimate of drug-likeness (QED) is 0.692. The molecule has 0 heterocycles. The Labute approximate surface area is 116 Å². The predicted octanol–water partition coefficient (Wildman–Crippen LogP) is 2.38. The largest absolute Gasteiger partial charge is 0.396 e. The van der Waals surface area contributed by atoms with Gasteiger partial charge < -0.3 is 15.5 Å². The molecule has 0 bridgehead atoms. The summed E-state index contributed by atoms with van der Waals surface area (Å²) in [5.74, 6) is 0. The van der Waals surface area contributed by atoms with E-state index in [1.165, 1.54) is 5.56 Å². The molecule has 0 aliphatic carbocycles. The number of rotatable bonds is 6. The summed E-state index contributed by atoms with van der Waals surface area (Å²) in [6.07, 6.45) is 0.188. The summed E-state index contributed by atoms with van der Waals surface area (Å²) in [5.41, 5.74) is 2.33. The molecule has 3 N–H and O–H groups in total. The Morgan fingerprint density at radius 1 is 1.16 bits per heavy atom. The number of hydrogen-bond donors (Lipinski definition) is 3. The Morgan fingerprint density at radius 2 is 1.74 bits per heavy atom. The molecule has 19 heavy (non-hydrogen) atoms. The van der Waals surface area contributed by atoms with Crippen molar-refractivity contribution in [2.24, 2.45) is 0 Å². The van der Waals surface area contributed by atoms with E-state index in [1.807, 2.05) is 19.1 Å². The first-order valence-electron chi connectivity index (χ1n) is 6.99. The third-order valence-corrected chi connectivity index (χ3v) is 3.39. The summed E-state index contributed by atoms with van der Waals surface area (Å²) in [4.78, 5) is 0. The third-order valence-electron chi connectivity index (χ3n) is 3.39. The van der Waals surface area contributed by atoms with Crippen molar-refractivity contribution in [1.29, 1.82) is 0 Å². The molecule has 0 fully saturated rings. The monoisotopic (exact) mass is 265 g/mol. The van der Waals surface area contributed by atoms with Gasteiger partial charge in [-0.05, 0) is 36.4 Å². The summed E-state index contributed by atoms with van der Waals surface area (Å²) in [6.45, 7) is 9.39. The van der Waals surface area contributed by atoms with Gasteiger partial charge in [0, 0.05) is 12.6 Å². The molecule has 0 amide bonds. The standard InChI is InChI=1S/C16H27NO2/c1-12(17-10-5-11-18)15(19)13-6-8-14(9-7-13)16(2,3)4/h6-9,12,15,17-19H,5,10-11H2,1-4H3. The van der Waals surface area contributed by atoms with Crippen molar-refractivity contribution in [1.82, 2.24) is 5.32 Å². The Balaban J connectivity index is 2.64. The van der Waals surface area contributed by atoms with Crippen LogP contribution in [0, 0.1) is 0 Å². The Morgan fingerprint density at radius 3 is 2.21 bits per heavy atom. The summed E-state index contributed by atoms with van der Waals surface area (Å²) in [5, 5.41) is 22.2. The number of benzene rings is 1. The normalized spacial score (nSPS) is 15.3. The molecule has 0 radical (unpaired) electrons. The first-order chi connectivity index (χ1) is 8.86. The minimum atomic E-state index is -0.521. The van der Waals surface area contributed by atoms with Gasteiger partial charge in [-0.2, -0.15) is 0 Å². The highest BCUT2D eigenvalue weighted by Crippen LogP contribution is 2.24. The van der Waals surface area contributed by atoms with Crippen LogP contribution in [0.5, 0.6) is 0 Å². The lowest BCUT2D eigenvalue weighted by Crippen LogP contribution is -2.33. The number of aliphatic hydroxyl groups excluding tert-OH is 2. The zero-order chi connectivity index (χ0) is 14.5. The van der Waals surface area contributed by atoms with Crippen molar-refractivity contribution >= 4 is 0 Å². The summed E-state index contributed by atoms with van der Waals surface area (Å²) in [6, 6.07) is 8.13. The minimum Gasteiger partial charge on any atom is -0.396 e. The van der Waals surface area contributed by atoms with Crippen molar-refractivity contribution in [2.75, 3.05) is 13.2 Å². The maximum atomic E-state index is 10.3. The van der Waals surface area contributed by atoms with E-state index < -0.39 is 6.10 Å². The van der Waals surface area contributed by atoms with E-state index >= 15 is 0 Å². The molecule has 1 rings (SSSR count). The maximum Gasteiger partial charge on any atom is 0.0940 e. The summed E-state index contributed by atoms with van der Waals surface area (Å²) >= 11 is 0. The number of nitrogens with one attached hydrogen (secondary N) is 1. The molecule has 0 spiro atoms. The van der Waals surface area contributed by atoms with Gasteiger partial charge in [0.1, 0.15) is 0 Å². The van der Waals surface area contributed by atoms with Gasteiger partial charge in [-0.1, -0.05) is 45.0 Å². The molecule has 0 aliphatic heterocycles. The van der Waals surface area contributed by atoms with Crippen LogP contribution in [0.25, 0.3) is 0 Å². The fraction of sp³-hybridized carbons (Fsp3) is 0.625. The lowest BCUT2D eigenvalue weighted by atomic mass is 9.86. The Hall–Kier alpha value is -0.900. The van der Waals surface area contributed by atoms with Crippen LogP contribution in [0.1, 0.15) is 51.3 Å². The predicted molar refractivity (Wildman–Crippen MR) is 79.3 cm³/mol. The lowest BCUT2D eigenvalue weighted by molar-refractivity contribution is 0.134. The van der Waals surface area contributed by atoms with Crippen LogP contribution in [0.2, 0.25) is 0 Å². The second kappa shape index (κ2) is 7.04. The molecule has 2 unspecified atom stereocenters. The van der Waals surface area contributed by atoms with Gasteiger partial charge >= 0.3 is 0 Å². The van der Waals surface area contributed by atoms with Crippen LogP contribution in [0.15, 0.2) is 24.3 Å². The first kappa shape index (κ1) is 16.2. The smallest absolute Gasteiger partial charge is 0.0940 e. The van der Waals surface area contributed by atoms with Gasteiger partial charge in [0.25, 0.3) is 0 Å². The van der Waals surface area contributed by atoms with Gasteiger partial charge in [0.15, 0.2) is 0 Å². The molecule has 3 nitrogen and oxygen atoms in total. The zero-order valence-corrected chi connectivity index (χ0v) is 12.5. The van der Waals surface area contributed by atoms with Crippen LogP contribution in [-0.4, -0.2) is 29.4 Å². The van der Waals surface area contributed by atoms with E-state index in [9.17, 15) is 5.11 Å². The Bertz CT molecular complexity index is 367. The molecule has 1 aromatic carbocycles. The van der Waals surface area contributed by atoms with Crippen molar-refractivity contribution in [3.63, 3.8) is 0 Å². The minimum absolute atomic E-state index is 0.0213. The second-order valence-electron chi connectivity index (χ2n) is 6.14. The highest BCUT2D eigenvalue weighted by molar-refractivity contribution is 5.29. The zero-order valence-electron chi connectivity index (χ0n) is 12.5. The molecule has 0 aliphatic rings. The van der Waals surface area contributed by atoms with Gasteiger partial charge in [0.2, 0.25) is 0 Å². The van der Waals surface area contributed by atoms with Crippen molar-refractivity contribution < 1.29 is 10.2 Å². The number of hydrogen-bond acceptors (Lipinski definition) is 3. The van der Waals surface area contributed by atoms with E-state index in [0.29, 0.717) is 6.42 Å². The van der Waals surface area contributed by atoms with E-state index in [0.717, 1.165) is 12.1 Å². The van der Waals surface area contributed by atoms with Crippen LogP contribution in [-0.2, 0) is 5.41 Å². The van der Waals surface area contributed by atoms with Gasteiger partial charge in [-0.15, -0.1) is 0 Å². The van der Waals surface area contributed by atoms with Crippen molar-refractivity contribution in [2.45, 2.75) is 51.7 Å². The average Bonchev–Trinajstić information content (AvgIpc) is 2.37. The fourth-order valence-electron chi connectivity index (χ4n) is 1.99. The van der Waals surface area contributed by atoms with E-state index in [4.69, 9.17) is 5.11 Å². The number of aliphatic hydroxyl groups is 2. The van der Waals surface area contributed by atoms with Crippen LogP contribution >= 0.6 is 0 Å². The Kier molecular flexibility index (Phi) is 5.98. The summed E-state index contributed by atoms with van der Waals surface area (Å²) < 4.78 is 0. The molecule has 108 valence electrons. The molecule has 0 saturated heterocycles. The molecule has 2 atom stereocenters. The topological polar surface area (TPSA) is 52.5 Å². The molecule has 0 saturated carbocycles. The van der Waals surface area contributed by atoms with E-state index in [-0.39, 0.29) is 18.1 Å². The summed E-state index contributed by atoms with van der Waals surface area (Å²) in [7, 11) is 0.